The molecule has 1 aliphatic heterocycles. The average Bonchev–Trinajstić information content (AvgIpc) is 2.69. The lowest BCUT2D eigenvalue weighted by molar-refractivity contribution is -0.132. The number of imide groups is 1. The van der Waals surface area contributed by atoms with Gasteiger partial charge >= 0.3 is 6.03 Å². The summed E-state index contributed by atoms with van der Waals surface area (Å²) < 4.78 is 6.33. The molecule has 2 N–H and O–H groups in total. The Bertz CT molecular complexity index is 580. The Morgan fingerprint density at radius 3 is 2.77 bits per heavy atom. The third kappa shape index (κ3) is 3.59. The van der Waals surface area contributed by atoms with Crippen LogP contribution in [0.5, 0.6) is 5.75 Å². The molecule has 2 atom stereocenters. The molecule has 22 heavy (non-hydrogen) atoms. The number of aliphatic hydroxyl groups is 1. The molecule has 1 aliphatic rings. The molecule has 1 fully saturated rings. The Morgan fingerprint density at radius 2 is 2.18 bits per heavy atom. The Balaban J connectivity index is 1.91. The van der Waals surface area contributed by atoms with Crippen LogP contribution in [0.1, 0.15) is 20.3 Å². The normalized spacial score (nSPS) is 22.6. The van der Waals surface area contributed by atoms with Gasteiger partial charge in [-0.2, -0.15) is 0 Å². The van der Waals surface area contributed by atoms with Crippen LogP contribution in [0.25, 0.3) is 0 Å². The zero-order valence-electron chi connectivity index (χ0n) is 12.5. The zero-order chi connectivity index (χ0) is 16.3. The van der Waals surface area contributed by atoms with E-state index in [0.717, 1.165) is 9.37 Å². The first-order chi connectivity index (χ1) is 10.4. The molecule has 3 amide bonds. The molecule has 1 aromatic rings. The van der Waals surface area contributed by atoms with E-state index in [0.29, 0.717) is 12.2 Å². The number of halogens is 1. The summed E-state index contributed by atoms with van der Waals surface area (Å²) in [6.45, 7) is 3.41. The lowest BCUT2D eigenvalue weighted by Crippen LogP contribution is -2.44. The number of hydrogen-bond donors (Lipinski definition) is 2. The van der Waals surface area contributed by atoms with Crippen LogP contribution < -0.4 is 10.1 Å². The van der Waals surface area contributed by atoms with E-state index in [2.05, 4.69) is 21.2 Å². The molecule has 120 valence electrons. The van der Waals surface area contributed by atoms with E-state index in [-0.39, 0.29) is 19.1 Å². The molecule has 0 radical (unpaired) electrons. The predicted molar refractivity (Wildman–Crippen MR) is 84.6 cm³/mol. The van der Waals surface area contributed by atoms with Crippen molar-refractivity contribution in [1.82, 2.24) is 10.2 Å². The number of aliphatic hydroxyl groups excluding tert-OH is 1. The first-order valence-corrected chi connectivity index (χ1v) is 7.85. The van der Waals surface area contributed by atoms with Crippen molar-refractivity contribution in [3.05, 3.63) is 28.7 Å². The maximum Gasteiger partial charge on any atom is 0.325 e. The molecular formula is C15H19BrN2O4. The number of carbonyl (C=O) groups excluding carboxylic acids is 2. The first-order valence-electron chi connectivity index (χ1n) is 7.06. The van der Waals surface area contributed by atoms with Crippen molar-refractivity contribution in [1.29, 1.82) is 0 Å². The second-order valence-electron chi connectivity index (χ2n) is 5.45. The molecule has 7 heteroatoms. The molecule has 1 heterocycles. The van der Waals surface area contributed by atoms with Crippen LogP contribution in [0.15, 0.2) is 28.7 Å². The number of nitrogens with zero attached hydrogens (tertiary/aromatic N) is 1. The van der Waals surface area contributed by atoms with Crippen molar-refractivity contribution in [2.24, 2.45) is 0 Å². The standard InChI is InChI=1S/C15H19BrN2O4/c1-3-15(2)13(20)18(14(21)17-15)8-11(19)9-22-12-6-4-5-10(16)7-12/h4-7,11,19H,3,8-9H2,1-2H3,(H,17,21)/t11-,15-/m1/s1. The van der Waals surface area contributed by atoms with Gasteiger partial charge in [0, 0.05) is 4.47 Å². The van der Waals surface area contributed by atoms with Crippen molar-refractivity contribution in [3.63, 3.8) is 0 Å². The Labute approximate surface area is 137 Å². The maximum atomic E-state index is 12.2. The minimum atomic E-state index is -0.951. The summed E-state index contributed by atoms with van der Waals surface area (Å²) in [7, 11) is 0. The smallest absolute Gasteiger partial charge is 0.325 e. The second-order valence-corrected chi connectivity index (χ2v) is 6.37. The van der Waals surface area contributed by atoms with E-state index in [1.54, 1.807) is 19.1 Å². The Morgan fingerprint density at radius 1 is 1.45 bits per heavy atom. The molecule has 0 spiro atoms. The van der Waals surface area contributed by atoms with Crippen LogP contribution in [-0.2, 0) is 4.79 Å². The quantitative estimate of drug-likeness (QED) is 0.749. The maximum absolute atomic E-state index is 12.2. The van der Waals surface area contributed by atoms with Gasteiger partial charge in [-0.05, 0) is 31.5 Å². The monoisotopic (exact) mass is 370 g/mol. The van der Waals surface area contributed by atoms with Gasteiger partial charge in [0.1, 0.15) is 24.0 Å². The lowest BCUT2D eigenvalue weighted by Gasteiger charge is -2.21. The molecule has 2 rings (SSSR count). The number of carbonyl (C=O) groups is 2. The molecule has 1 aromatic carbocycles. The van der Waals surface area contributed by atoms with E-state index >= 15 is 0 Å². The lowest BCUT2D eigenvalue weighted by atomic mass is 9.99. The van der Waals surface area contributed by atoms with Gasteiger partial charge < -0.3 is 15.2 Å². The molecule has 0 aliphatic carbocycles. The molecule has 0 aromatic heterocycles. The van der Waals surface area contributed by atoms with Crippen molar-refractivity contribution < 1.29 is 19.4 Å². The highest BCUT2D eigenvalue weighted by molar-refractivity contribution is 9.10. The number of urea groups is 1. The summed E-state index contributed by atoms with van der Waals surface area (Å²) in [6, 6.07) is 6.74. The second kappa shape index (κ2) is 6.66. The number of benzene rings is 1. The van der Waals surface area contributed by atoms with Gasteiger partial charge in [-0.25, -0.2) is 4.79 Å². The van der Waals surface area contributed by atoms with E-state index in [4.69, 9.17) is 4.74 Å². The van der Waals surface area contributed by atoms with E-state index < -0.39 is 17.7 Å². The number of hydrogen-bond acceptors (Lipinski definition) is 4. The summed E-state index contributed by atoms with van der Waals surface area (Å²) in [5.41, 5.74) is -0.887. The fourth-order valence-corrected chi connectivity index (χ4v) is 2.54. The summed E-state index contributed by atoms with van der Waals surface area (Å²) in [6.07, 6.45) is -0.452. The molecular weight excluding hydrogens is 352 g/mol. The van der Waals surface area contributed by atoms with Crippen LogP contribution in [0.2, 0.25) is 0 Å². The van der Waals surface area contributed by atoms with Gasteiger partial charge in [0.05, 0.1) is 6.54 Å². The van der Waals surface area contributed by atoms with Gasteiger partial charge in [0.25, 0.3) is 5.91 Å². The summed E-state index contributed by atoms with van der Waals surface area (Å²) in [4.78, 5) is 25.1. The highest BCUT2D eigenvalue weighted by Crippen LogP contribution is 2.21. The molecule has 0 saturated carbocycles. The van der Waals surface area contributed by atoms with Crippen LogP contribution in [-0.4, -0.2) is 46.7 Å². The number of ether oxygens (including phenoxy) is 1. The van der Waals surface area contributed by atoms with Gasteiger partial charge in [0.15, 0.2) is 0 Å². The minimum absolute atomic E-state index is 0.00362. The number of amides is 3. The largest absolute Gasteiger partial charge is 0.491 e. The third-order valence-electron chi connectivity index (χ3n) is 3.68. The van der Waals surface area contributed by atoms with Crippen molar-refractivity contribution in [2.75, 3.05) is 13.2 Å². The molecule has 0 unspecified atom stereocenters. The number of nitrogens with one attached hydrogen (secondary N) is 1. The Hall–Kier alpha value is -1.60. The number of rotatable bonds is 6. The fourth-order valence-electron chi connectivity index (χ4n) is 2.17. The summed E-state index contributed by atoms with van der Waals surface area (Å²) in [5.74, 6) is 0.283. The van der Waals surface area contributed by atoms with Gasteiger partial charge in [-0.15, -0.1) is 0 Å². The van der Waals surface area contributed by atoms with Crippen LogP contribution >= 0.6 is 15.9 Å². The van der Waals surface area contributed by atoms with Crippen molar-refractivity contribution in [3.8, 4) is 5.75 Å². The van der Waals surface area contributed by atoms with Crippen molar-refractivity contribution in [2.45, 2.75) is 31.9 Å². The highest BCUT2D eigenvalue weighted by Gasteiger charge is 2.46. The SMILES string of the molecule is CC[C@@]1(C)NC(=O)N(C[C@@H](O)COc2cccc(Br)c2)C1=O. The van der Waals surface area contributed by atoms with Crippen LogP contribution in [0.3, 0.4) is 0 Å². The molecule has 6 nitrogen and oxygen atoms in total. The topological polar surface area (TPSA) is 78.9 Å². The number of β-amino-alcohol motifs (C(OH)–C–C–N with tert-alkyl or cyclic N) is 1. The van der Waals surface area contributed by atoms with Crippen LogP contribution in [0, 0.1) is 0 Å². The Kier molecular flexibility index (Phi) is 5.08. The predicted octanol–water partition coefficient (Wildman–Crippen LogP) is 1.91. The van der Waals surface area contributed by atoms with Crippen molar-refractivity contribution >= 4 is 27.9 Å². The highest BCUT2D eigenvalue weighted by atomic mass is 79.9. The minimum Gasteiger partial charge on any atom is -0.491 e. The van der Waals surface area contributed by atoms with Crippen LogP contribution in [0.4, 0.5) is 4.79 Å². The molecule has 1 saturated heterocycles. The van der Waals surface area contributed by atoms with E-state index in [9.17, 15) is 14.7 Å². The summed E-state index contributed by atoms with van der Waals surface area (Å²) in [5, 5.41) is 12.7. The van der Waals surface area contributed by atoms with Gasteiger partial charge in [-0.3, -0.25) is 9.69 Å². The molecule has 0 bridgehead atoms. The summed E-state index contributed by atoms with van der Waals surface area (Å²) >= 11 is 3.33. The van der Waals surface area contributed by atoms with E-state index in [1.165, 1.54) is 0 Å². The van der Waals surface area contributed by atoms with E-state index in [1.807, 2.05) is 19.1 Å². The third-order valence-corrected chi connectivity index (χ3v) is 4.18. The first kappa shape index (κ1) is 16.8. The van der Waals surface area contributed by atoms with Gasteiger partial charge in [-0.1, -0.05) is 28.9 Å². The fraction of sp³-hybridized carbons (Fsp3) is 0.467. The zero-order valence-corrected chi connectivity index (χ0v) is 14.1. The van der Waals surface area contributed by atoms with Gasteiger partial charge in [0.2, 0.25) is 0 Å². The average molecular weight is 371 g/mol.